The van der Waals surface area contributed by atoms with Gasteiger partial charge in [-0.05, 0) is 30.9 Å². The van der Waals surface area contributed by atoms with E-state index in [9.17, 15) is 0 Å². The average molecular weight is 335 g/mol. The Morgan fingerprint density at radius 1 is 1.16 bits per heavy atom. The van der Waals surface area contributed by atoms with E-state index in [2.05, 4.69) is 44.8 Å². The third-order valence-corrected chi connectivity index (χ3v) is 4.69. The molecule has 1 atom stereocenters. The normalized spacial score (nSPS) is 16.0. The summed E-state index contributed by atoms with van der Waals surface area (Å²) < 4.78 is 1.82. The smallest absolute Gasteiger partial charge is 0.242 e. The molecule has 3 aromatic heterocycles. The molecule has 1 unspecified atom stereocenters. The van der Waals surface area contributed by atoms with Crippen molar-refractivity contribution in [3.8, 4) is 11.3 Å². The van der Waals surface area contributed by atoms with Crippen molar-refractivity contribution in [3.63, 3.8) is 0 Å². The van der Waals surface area contributed by atoms with Crippen molar-refractivity contribution >= 4 is 29.3 Å². The summed E-state index contributed by atoms with van der Waals surface area (Å²) in [4.78, 5) is 13.8. The zero-order chi connectivity index (χ0) is 17.4. The summed E-state index contributed by atoms with van der Waals surface area (Å²) in [6.07, 6.45) is 5.99. The third-order valence-electron chi connectivity index (χ3n) is 4.69. The molecule has 0 amide bonds. The Bertz CT molecular complexity index is 957. The fourth-order valence-corrected chi connectivity index (χ4v) is 3.32. The lowest BCUT2D eigenvalue weighted by Crippen LogP contribution is -2.06. The molecule has 0 saturated carbocycles. The van der Waals surface area contributed by atoms with Crippen LogP contribution >= 0.6 is 0 Å². The van der Waals surface area contributed by atoms with Crippen LogP contribution in [0.15, 0.2) is 29.4 Å². The Morgan fingerprint density at radius 2 is 2.04 bits per heavy atom. The summed E-state index contributed by atoms with van der Waals surface area (Å²) in [5, 5.41) is 10.6. The first-order valence-electron chi connectivity index (χ1n) is 8.53. The van der Waals surface area contributed by atoms with Crippen LogP contribution in [0.4, 0.5) is 17.6 Å². The maximum absolute atomic E-state index is 4.81. The van der Waals surface area contributed by atoms with Gasteiger partial charge in [-0.1, -0.05) is 13.0 Å². The van der Waals surface area contributed by atoms with Crippen LogP contribution in [0, 0.1) is 0 Å². The van der Waals surface area contributed by atoms with E-state index in [1.807, 2.05) is 30.0 Å². The number of aliphatic imine (C=N–C) groups is 1. The first kappa shape index (κ1) is 15.6. The second-order valence-electron chi connectivity index (χ2n) is 6.07. The zero-order valence-electron chi connectivity index (χ0n) is 14.6. The molecule has 1 aliphatic heterocycles. The van der Waals surface area contributed by atoms with Gasteiger partial charge in [-0.3, -0.25) is 0 Å². The summed E-state index contributed by atoms with van der Waals surface area (Å²) in [5.74, 6) is 2.66. The maximum atomic E-state index is 4.81. The van der Waals surface area contributed by atoms with Gasteiger partial charge < -0.3 is 10.6 Å². The van der Waals surface area contributed by atoms with E-state index in [0.717, 1.165) is 41.3 Å². The van der Waals surface area contributed by atoms with Gasteiger partial charge in [-0.25, -0.2) is 14.5 Å². The second kappa shape index (κ2) is 6.16. The molecule has 0 saturated heterocycles. The highest BCUT2D eigenvalue weighted by Gasteiger charge is 2.20. The van der Waals surface area contributed by atoms with Gasteiger partial charge in [0.05, 0.1) is 5.69 Å². The zero-order valence-corrected chi connectivity index (χ0v) is 14.6. The molecule has 0 aromatic carbocycles. The number of pyridine rings is 1. The number of nitrogens with one attached hydrogen (secondary N) is 2. The second-order valence-corrected chi connectivity index (χ2v) is 6.07. The molecule has 0 aliphatic carbocycles. The van der Waals surface area contributed by atoms with Gasteiger partial charge in [0, 0.05) is 37.6 Å². The Hall–Kier alpha value is -2.96. The van der Waals surface area contributed by atoms with Gasteiger partial charge in [0.1, 0.15) is 5.52 Å². The van der Waals surface area contributed by atoms with Gasteiger partial charge in [0.2, 0.25) is 5.95 Å². The van der Waals surface area contributed by atoms with Crippen molar-refractivity contribution in [3.05, 3.63) is 30.0 Å². The first-order valence-corrected chi connectivity index (χ1v) is 8.53. The minimum absolute atomic E-state index is 0.509. The molecule has 25 heavy (non-hydrogen) atoms. The van der Waals surface area contributed by atoms with Crippen molar-refractivity contribution in [1.29, 1.82) is 0 Å². The molecular weight excluding hydrogens is 314 g/mol. The van der Waals surface area contributed by atoms with Gasteiger partial charge in [-0.2, -0.15) is 4.98 Å². The van der Waals surface area contributed by atoms with Gasteiger partial charge in [-0.15, -0.1) is 5.10 Å². The quantitative estimate of drug-likeness (QED) is 0.763. The van der Waals surface area contributed by atoms with Crippen LogP contribution < -0.4 is 10.6 Å². The van der Waals surface area contributed by atoms with Gasteiger partial charge in [0.15, 0.2) is 11.6 Å². The van der Waals surface area contributed by atoms with Crippen molar-refractivity contribution in [2.45, 2.75) is 25.7 Å². The Morgan fingerprint density at radius 3 is 2.80 bits per heavy atom. The molecule has 4 rings (SSSR count). The van der Waals surface area contributed by atoms with Crippen LogP contribution in [-0.2, 0) is 0 Å². The predicted octanol–water partition coefficient (Wildman–Crippen LogP) is 3.47. The van der Waals surface area contributed by atoms with Crippen LogP contribution in [0.5, 0.6) is 0 Å². The lowest BCUT2D eigenvalue weighted by molar-refractivity contribution is 0.686. The van der Waals surface area contributed by atoms with Crippen LogP contribution in [0.3, 0.4) is 0 Å². The first-order chi connectivity index (χ1) is 12.2. The lowest BCUT2D eigenvalue weighted by atomic mass is 9.92. The van der Waals surface area contributed by atoms with E-state index in [1.54, 1.807) is 7.05 Å². The molecule has 2 N–H and O–H groups in total. The standard InChI is InChI=1S/C18H21N7/c1-4-11-7-9-21-16-12(11)5-6-14(22-16)13-8-10-25-15(13)17(19-2)23-18(20-3)24-25/h5-6,8-11H,4,7H2,1-3H3,(H2,19,20,23,24). The molecule has 128 valence electrons. The van der Waals surface area contributed by atoms with E-state index in [-0.39, 0.29) is 0 Å². The third kappa shape index (κ3) is 2.52. The molecular formula is C18H21N7. The molecule has 1 aliphatic rings. The monoisotopic (exact) mass is 335 g/mol. The molecule has 0 spiro atoms. The highest BCUT2D eigenvalue weighted by Crippen LogP contribution is 2.36. The number of rotatable bonds is 4. The summed E-state index contributed by atoms with van der Waals surface area (Å²) in [5.41, 5.74) is 4.01. The summed E-state index contributed by atoms with van der Waals surface area (Å²) >= 11 is 0. The molecule has 0 bridgehead atoms. The number of hydrogen-bond donors (Lipinski definition) is 2. The minimum Gasteiger partial charge on any atom is -0.371 e. The highest BCUT2D eigenvalue weighted by molar-refractivity contribution is 5.88. The van der Waals surface area contributed by atoms with Crippen LogP contribution in [0.2, 0.25) is 0 Å². The number of fused-ring (bicyclic) bond motifs is 2. The fraction of sp³-hybridized carbons (Fsp3) is 0.333. The topological polar surface area (TPSA) is 79.5 Å². The van der Waals surface area contributed by atoms with Crippen molar-refractivity contribution < 1.29 is 0 Å². The van der Waals surface area contributed by atoms with Crippen molar-refractivity contribution in [2.75, 3.05) is 24.7 Å². The van der Waals surface area contributed by atoms with Gasteiger partial charge >= 0.3 is 0 Å². The van der Waals surface area contributed by atoms with Crippen LogP contribution in [-0.4, -0.2) is 39.9 Å². The number of anilines is 2. The molecule has 7 heteroatoms. The number of hydrogen-bond acceptors (Lipinski definition) is 6. The molecule has 0 fully saturated rings. The molecule has 7 nitrogen and oxygen atoms in total. The maximum Gasteiger partial charge on any atom is 0.242 e. The van der Waals surface area contributed by atoms with Crippen molar-refractivity contribution in [2.24, 2.45) is 4.99 Å². The number of nitrogens with zero attached hydrogens (tertiary/aromatic N) is 5. The van der Waals surface area contributed by atoms with Gasteiger partial charge in [0.25, 0.3) is 0 Å². The minimum atomic E-state index is 0.509. The van der Waals surface area contributed by atoms with E-state index < -0.39 is 0 Å². The summed E-state index contributed by atoms with van der Waals surface area (Å²) in [6.45, 7) is 2.21. The van der Waals surface area contributed by atoms with Crippen LogP contribution in [0.1, 0.15) is 31.2 Å². The van der Waals surface area contributed by atoms with Crippen LogP contribution in [0.25, 0.3) is 16.8 Å². The van der Waals surface area contributed by atoms with E-state index in [1.165, 1.54) is 5.56 Å². The van der Waals surface area contributed by atoms with E-state index >= 15 is 0 Å². The molecule has 4 heterocycles. The average Bonchev–Trinajstić information content (AvgIpc) is 3.10. The molecule has 3 aromatic rings. The Kier molecular flexibility index (Phi) is 3.83. The van der Waals surface area contributed by atoms with Crippen molar-refractivity contribution in [1.82, 2.24) is 19.6 Å². The highest BCUT2D eigenvalue weighted by atomic mass is 15.3. The lowest BCUT2D eigenvalue weighted by Gasteiger charge is -2.19. The number of aromatic nitrogens is 4. The SMILES string of the molecule is CCC1CC=Nc2nc(-c3ccn4nc(NC)nc(NC)c34)ccc21. The fourth-order valence-electron chi connectivity index (χ4n) is 3.32. The van der Waals surface area contributed by atoms with E-state index in [4.69, 9.17) is 4.98 Å². The summed E-state index contributed by atoms with van der Waals surface area (Å²) in [7, 11) is 3.66. The predicted molar refractivity (Wildman–Crippen MR) is 101 cm³/mol. The van der Waals surface area contributed by atoms with E-state index in [0.29, 0.717) is 11.9 Å². The Labute approximate surface area is 146 Å². The molecule has 0 radical (unpaired) electrons. The summed E-state index contributed by atoms with van der Waals surface area (Å²) in [6, 6.07) is 6.25. The Balaban J connectivity index is 1.87. The largest absolute Gasteiger partial charge is 0.371 e.